The van der Waals surface area contributed by atoms with Crippen molar-refractivity contribution in [2.75, 3.05) is 11.0 Å². The number of carbonyl (C=O) groups excluding carboxylic acids is 1. The monoisotopic (exact) mass is 404 g/mol. The number of nitrogens with one attached hydrogen (secondary N) is 1. The summed E-state index contributed by atoms with van der Waals surface area (Å²) in [6.45, 7) is 1.80. The Labute approximate surface area is 162 Å². The Morgan fingerprint density at radius 2 is 1.93 bits per heavy atom. The van der Waals surface area contributed by atoms with Crippen molar-refractivity contribution in [3.05, 3.63) is 70.4 Å². The first-order chi connectivity index (χ1) is 12.7. The van der Waals surface area contributed by atoms with E-state index in [0.29, 0.717) is 10.7 Å². The molecule has 0 fully saturated rings. The van der Waals surface area contributed by atoms with Crippen LogP contribution in [0.15, 0.2) is 48.5 Å². The van der Waals surface area contributed by atoms with Gasteiger partial charge in [0.2, 0.25) is 10.0 Å². The average molecular weight is 405 g/mol. The quantitative estimate of drug-likeness (QED) is 0.651. The molecule has 1 heterocycles. The van der Waals surface area contributed by atoms with Gasteiger partial charge in [0, 0.05) is 11.1 Å². The molecule has 0 atom stereocenters. The van der Waals surface area contributed by atoms with Crippen molar-refractivity contribution >= 4 is 44.2 Å². The third-order valence-electron chi connectivity index (χ3n) is 3.89. The molecule has 2 aromatic carbocycles. The topological polar surface area (TPSA) is 85.4 Å². The number of sulfonamides is 1. The van der Waals surface area contributed by atoms with Gasteiger partial charge in [-0.2, -0.15) is 0 Å². The molecule has 0 saturated heterocycles. The molecule has 0 aliphatic rings. The number of esters is 1. The Morgan fingerprint density at radius 3 is 2.67 bits per heavy atom. The molecule has 0 saturated carbocycles. The van der Waals surface area contributed by atoms with Gasteiger partial charge in [-0.15, -0.1) is 0 Å². The molecule has 0 unspecified atom stereocenters. The number of carbonyl (C=O) groups is 1. The van der Waals surface area contributed by atoms with Gasteiger partial charge in [-0.25, -0.2) is 18.2 Å². The van der Waals surface area contributed by atoms with Crippen LogP contribution in [0, 0.1) is 6.92 Å². The van der Waals surface area contributed by atoms with E-state index in [0.717, 1.165) is 22.7 Å². The lowest BCUT2D eigenvalue weighted by molar-refractivity contribution is 0.0468. The van der Waals surface area contributed by atoms with Crippen LogP contribution in [-0.2, 0) is 21.4 Å². The maximum absolute atomic E-state index is 12.3. The van der Waals surface area contributed by atoms with Crippen LogP contribution in [0.4, 0.5) is 5.69 Å². The summed E-state index contributed by atoms with van der Waals surface area (Å²) in [6, 6.07) is 13.6. The van der Waals surface area contributed by atoms with E-state index < -0.39 is 16.0 Å². The molecule has 140 valence electrons. The fraction of sp³-hybridized carbons (Fsp3) is 0.158. The standard InChI is InChI=1S/C19H17ClN2O4S/c1-12-15-8-3-4-9-16(15)21-17(18(12)20)11-26-19(23)13-6-5-7-14(10-13)22-27(2,24)25/h3-10,22H,11H2,1-2H3. The Morgan fingerprint density at radius 1 is 1.19 bits per heavy atom. The van der Waals surface area contributed by atoms with Crippen molar-refractivity contribution in [3.63, 3.8) is 0 Å². The van der Waals surface area contributed by atoms with Crippen LogP contribution in [0.2, 0.25) is 5.02 Å². The maximum atomic E-state index is 12.3. The summed E-state index contributed by atoms with van der Waals surface area (Å²) in [5, 5.41) is 1.39. The predicted octanol–water partition coefficient (Wildman–Crippen LogP) is 3.93. The first-order valence-electron chi connectivity index (χ1n) is 8.03. The number of benzene rings is 2. The number of hydrogen-bond acceptors (Lipinski definition) is 5. The molecule has 0 amide bonds. The van der Waals surface area contributed by atoms with Gasteiger partial charge in [0.05, 0.1) is 28.1 Å². The molecule has 1 N–H and O–H groups in total. The number of ether oxygens (including phenoxy) is 1. The molecule has 8 heteroatoms. The summed E-state index contributed by atoms with van der Waals surface area (Å²) < 4.78 is 30.3. The van der Waals surface area contributed by atoms with Gasteiger partial charge in [0.25, 0.3) is 0 Å². The number of halogens is 1. The molecule has 0 aliphatic heterocycles. The van der Waals surface area contributed by atoms with Crippen LogP contribution in [0.3, 0.4) is 0 Å². The van der Waals surface area contributed by atoms with E-state index in [1.54, 1.807) is 12.1 Å². The fourth-order valence-electron chi connectivity index (χ4n) is 2.65. The van der Waals surface area contributed by atoms with Crippen molar-refractivity contribution in [1.29, 1.82) is 0 Å². The minimum absolute atomic E-state index is 0.0902. The number of rotatable bonds is 5. The highest BCUT2D eigenvalue weighted by Crippen LogP contribution is 2.27. The first-order valence-corrected chi connectivity index (χ1v) is 10.3. The molecule has 3 aromatic rings. The van der Waals surface area contributed by atoms with Crippen LogP contribution < -0.4 is 4.72 Å². The second-order valence-electron chi connectivity index (χ2n) is 6.05. The molecule has 0 aliphatic carbocycles. The van der Waals surface area contributed by atoms with Crippen molar-refractivity contribution in [2.45, 2.75) is 13.5 Å². The van der Waals surface area contributed by atoms with Gasteiger partial charge in [-0.3, -0.25) is 4.72 Å². The summed E-state index contributed by atoms with van der Waals surface area (Å²) in [7, 11) is -3.44. The van der Waals surface area contributed by atoms with E-state index in [1.165, 1.54) is 12.1 Å². The van der Waals surface area contributed by atoms with Crippen LogP contribution in [0.25, 0.3) is 10.9 Å². The molecule has 0 bridgehead atoms. The molecular formula is C19H17ClN2O4S. The first kappa shape index (κ1) is 19.1. The van der Waals surface area contributed by atoms with Gasteiger partial charge >= 0.3 is 5.97 Å². The van der Waals surface area contributed by atoms with Crippen molar-refractivity contribution in [3.8, 4) is 0 Å². The molecule has 0 radical (unpaired) electrons. The third kappa shape index (κ3) is 4.56. The zero-order valence-corrected chi connectivity index (χ0v) is 16.3. The van der Waals surface area contributed by atoms with Gasteiger partial charge in [0.1, 0.15) is 6.61 Å². The molecule has 6 nitrogen and oxygen atoms in total. The largest absolute Gasteiger partial charge is 0.456 e. The zero-order valence-electron chi connectivity index (χ0n) is 14.7. The summed E-state index contributed by atoms with van der Waals surface area (Å²) >= 11 is 6.37. The fourth-order valence-corrected chi connectivity index (χ4v) is 3.41. The number of pyridine rings is 1. The Hall–Kier alpha value is -2.64. The second kappa shape index (κ2) is 7.54. The van der Waals surface area contributed by atoms with Gasteiger partial charge < -0.3 is 4.74 Å². The summed E-state index contributed by atoms with van der Waals surface area (Å²) in [6.07, 6.45) is 1.04. The van der Waals surface area contributed by atoms with E-state index in [-0.39, 0.29) is 17.9 Å². The normalized spacial score (nSPS) is 11.4. The van der Waals surface area contributed by atoms with Crippen LogP contribution in [0.1, 0.15) is 21.6 Å². The minimum Gasteiger partial charge on any atom is -0.456 e. The number of hydrogen-bond donors (Lipinski definition) is 1. The molecule has 27 heavy (non-hydrogen) atoms. The Bertz CT molecular complexity index is 1130. The number of para-hydroxylation sites is 1. The van der Waals surface area contributed by atoms with E-state index in [4.69, 9.17) is 16.3 Å². The summed E-state index contributed by atoms with van der Waals surface area (Å²) in [4.78, 5) is 16.8. The summed E-state index contributed by atoms with van der Waals surface area (Å²) in [5.41, 5.74) is 2.60. The van der Waals surface area contributed by atoms with Crippen LogP contribution in [0.5, 0.6) is 0 Å². The zero-order chi connectivity index (χ0) is 19.6. The third-order valence-corrected chi connectivity index (χ3v) is 5.00. The van der Waals surface area contributed by atoms with Crippen molar-refractivity contribution in [1.82, 2.24) is 4.98 Å². The number of aryl methyl sites for hydroxylation is 1. The molecular weight excluding hydrogens is 388 g/mol. The Balaban J connectivity index is 1.79. The molecule has 3 rings (SSSR count). The van der Waals surface area contributed by atoms with Crippen LogP contribution >= 0.6 is 11.6 Å². The van der Waals surface area contributed by atoms with E-state index in [1.807, 2.05) is 31.2 Å². The van der Waals surface area contributed by atoms with Gasteiger partial charge in [-0.05, 0) is 36.8 Å². The number of anilines is 1. The Kier molecular flexibility index (Phi) is 5.34. The number of nitrogens with zero attached hydrogens (tertiary/aromatic N) is 1. The number of aromatic nitrogens is 1. The maximum Gasteiger partial charge on any atom is 0.338 e. The highest BCUT2D eigenvalue weighted by molar-refractivity contribution is 7.92. The van der Waals surface area contributed by atoms with Crippen molar-refractivity contribution < 1.29 is 17.9 Å². The average Bonchev–Trinajstić information content (AvgIpc) is 2.62. The second-order valence-corrected chi connectivity index (χ2v) is 8.17. The highest BCUT2D eigenvalue weighted by Gasteiger charge is 2.14. The van der Waals surface area contributed by atoms with E-state index >= 15 is 0 Å². The highest BCUT2D eigenvalue weighted by atomic mass is 35.5. The molecule has 1 aromatic heterocycles. The molecule has 0 spiro atoms. The number of fused-ring (bicyclic) bond motifs is 1. The minimum atomic E-state index is -3.44. The van der Waals surface area contributed by atoms with E-state index in [2.05, 4.69) is 9.71 Å². The van der Waals surface area contributed by atoms with Gasteiger partial charge in [0.15, 0.2) is 0 Å². The van der Waals surface area contributed by atoms with Gasteiger partial charge in [-0.1, -0.05) is 35.9 Å². The predicted molar refractivity (Wildman–Crippen MR) is 106 cm³/mol. The van der Waals surface area contributed by atoms with Crippen LogP contribution in [-0.4, -0.2) is 25.6 Å². The lowest BCUT2D eigenvalue weighted by Crippen LogP contribution is -2.11. The summed E-state index contributed by atoms with van der Waals surface area (Å²) in [5.74, 6) is -0.601. The SMILES string of the molecule is Cc1c(Cl)c(COC(=O)c2cccc(NS(C)(=O)=O)c2)nc2ccccc12. The smallest absolute Gasteiger partial charge is 0.338 e. The lowest BCUT2D eigenvalue weighted by atomic mass is 10.1. The van der Waals surface area contributed by atoms with E-state index in [9.17, 15) is 13.2 Å². The lowest BCUT2D eigenvalue weighted by Gasteiger charge is -2.11. The van der Waals surface area contributed by atoms with Crippen molar-refractivity contribution in [2.24, 2.45) is 0 Å².